The highest BCUT2D eigenvalue weighted by Crippen LogP contribution is 2.50. The largest absolute Gasteiger partial charge is 0.278 e. The summed E-state index contributed by atoms with van der Waals surface area (Å²) in [5.41, 5.74) is 6.43. The van der Waals surface area contributed by atoms with Gasteiger partial charge in [0.15, 0.2) is 11.6 Å². The first-order valence-electron chi connectivity index (χ1n) is 16.3. The van der Waals surface area contributed by atoms with Gasteiger partial charge in [-0.25, -0.2) is 4.98 Å². The van der Waals surface area contributed by atoms with E-state index < -0.39 is 0 Å². The Morgan fingerprint density at radius 3 is 1.84 bits per heavy atom. The molecule has 4 heterocycles. The summed E-state index contributed by atoms with van der Waals surface area (Å²) in [4.78, 5) is 18.0. The first-order valence-corrected chi connectivity index (χ1v) is 17.9. The predicted octanol–water partition coefficient (Wildman–Crippen LogP) is 12.5. The summed E-state index contributed by atoms with van der Waals surface area (Å²) in [7, 11) is 0. The van der Waals surface area contributed by atoms with Gasteiger partial charge in [-0.1, -0.05) is 97.1 Å². The number of anilines is 3. The number of benzene rings is 7. The van der Waals surface area contributed by atoms with Gasteiger partial charge in [-0.3, -0.25) is 4.90 Å². The third-order valence-corrected chi connectivity index (χ3v) is 11.9. The van der Waals surface area contributed by atoms with Gasteiger partial charge in [0.1, 0.15) is 0 Å². The molecular formula is C43H24N4S2. The van der Waals surface area contributed by atoms with Gasteiger partial charge >= 0.3 is 0 Å². The first kappa shape index (κ1) is 27.0. The zero-order valence-electron chi connectivity index (χ0n) is 26.0. The monoisotopic (exact) mass is 660 g/mol. The van der Waals surface area contributed by atoms with E-state index in [0.717, 1.165) is 28.1 Å². The summed E-state index contributed by atoms with van der Waals surface area (Å²) >= 11 is 3.62. The molecule has 49 heavy (non-hydrogen) atoms. The number of aromatic nitrogens is 3. The number of hydrogen-bond acceptors (Lipinski definition) is 6. The first-order chi connectivity index (χ1) is 24.3. The Labute approximate surface area is 289 Å². The Kier molecular flexibility index (Phi) is 5.67. The standard InChI is InChI=1S/C43H24N4S2/c1-4-15-34-28(11-1)32-14-7-9-25-10-8-16-35(40(25)32)47(34)43-45-41(26-20-22-38-33(23-26)30-13-3-6-18-37(30)48-38)44-42(46-43)27-19-21-31-29-12-2-5-17-36(29)49-39(31)24-27/h1-24H. The highest BCUT2D eigenvalue weighted by Gasteiger charge is 2.28. The van der Waals surface area contributed by atoms with Crippen LogP contribution in [0.3, 0.4) is 0 Å². The van der Waals surface area contributed by atoms with Crippen molar-refractivity contribution in [2.75, 3.05) is 4.90 Å². The van der Waals surface area contributed by atoms with Crippen molar-refractivity contribution in [2.45, 2.75) is 0 Å². The van der Waals surface area contributed by atoms with Gasteiger partial charge in [0, 0.05) is 62.4 Å². The fourth-order valence-electron chi connectivity index (χ4n) is 7.43. The molecule has 0 bridgehead atoms. The van der Waals surface area contributed by atoms with Gasteiger partial charge in [0.25, 0.3) is 0 Å². The van der Waals surface area contributed by atoms with Crippen LogP contribution in [-0.4, -0.2) is 15.0 Å². The minimum absolute atomic E-state index is 0.598. The highest BCUT2D eigenvalue weighted by atomic mass is 32.1. The highest BCUT2D eigenvalue weighted by molar-refractivity contribution is 7.26. The molecule has 0 atom stereocenters. The number of para-hydroxylation sites is 1. The average Bonchev–Trinajstić information content (AvgIpc) is 3.72. The van der Waals surface area contributed by atoms with Crippen LogP contribution in [0, 0.1) is 0 Å². The molecule has 3 aromatic heterocycles. The van der Waals surface area contributed by atoms with E-state index in [2.05, 4.69) is 150 Å². The Balaban J connectivity index is 1.18. The second-order valence-corrected chi connectivity index (χ2v) is 14.6. The van der Waals surface area contributed by atoms with E-state index in [1.54, 1.807) is 11.3 Å². The summed E-state index contributed by atoms with van der Waals surface area (Å²) in [6.07, 6.45) is 0. The van der Waals surface area contributed by atoms with Crippen molar-refractivity contribution in [3.8, 4) is 33.9 Å². The predicted molar refractivity (Wildman–Crippen MR) is 208 cm³/mol. The van der Waals surface area contributed by atoms with E-state index in [0.29, 0.717) is 17.6 Å². The maximum atomic E-state index is 5.29. The fourth-order valence-corrected chi connectivity index (χ4v) is 9.66. The molecule has 1 aliphatic heterocycles. The van der Waals surface area contributed by atoms with E-state index in [4.69, 9.17) is 15.0 Å². The lowest BCUT2D eigenvalue weighted by Crippen LogP contribution is -2.18. The summed E-state index contributed by atoms with van der Waals surface area (Å²) in [5, 5.41) is 7.39. The van der Waals surface area contributed by atoms with Gasteiger partial charge in [0.05, 0.1) is 11.4 Å². The molecule has 7 aromatic carbocycles. The Bertz CT molecular complexity index is 2970. The molecule has 0 unspecified atom stereocenters. The molecule has 6 heteroatoms. The molecule has 0 spiro atoms. The Morgan fingerprint density at radius 2 is 1.00 bits per heavy atom. The number of hydrogen-bond donors (Lipinski definition) is 0. The normalized spacial score (nSPS) is 12.4. The minimum Gasteiger partial charge on any atom is -0.278 e. The van der Waals surface area contributed by atoms with Crippen LogP contribution < -0.4 is 4.90 Å². The molecule has 10 aromatic rings. The van der Waals surface area contributed by atoms with Crippen molar-refractivity contribution < 1.29 is 0 Å². The summed E-state index contributed by atoms with van der Waals surface area (Å²) in [5.74, 6) is 1.90. The third kappa shape index (κ3) is 4.05. The molecule has 0 amide bonds. The van der Waals surface area contributed by atoms with Crippen molar-refractivity contribution in [2.24, 2.45) is 0 Å². The van der Waals surface area contributed by atoms with E-state index in [-0.39, 0.29) is 0 Å². The van der Waals surface area contributed by atoms with Crippen molar-refractivity contribution in [3.63, 3.8) is 0 Å². The second kappa shape index (κ2) is 10.3. The molecule has 228 valence electrons. The number of rotatable bonds is 3. The van der Waals surface area contributed by atoms with Crippen LogP contribution in [0.15, 0.2) is 146 Å². The summed E-state index contributed by atoms with van der Waals surface area (Å²) < 4.78 is 5.03. The molecule has 0 radical (unpaired) electrons. The van der Waals surface area contributed by atoms with Crippen LogP contribution in [0.4, 0.5) is 17.3 Å². The summed E-state index contributed by atoms with van der Waals surface area (Å²) in [6, 6.07) is 52.0. The van der Waals surface area contributed by atoms with Crippen LogP contribution in [0.2, 0.25) is 0 Å². The van der Waals surface area contributed by atoms with Crippen LogP contribution >= 0.6 is 22.7 Å². The van der Waals surface area contributed by atoms with E-state index in [1.165, 1.54) is 56.7 Å². The van der Waals surface area contributed by atoms with Crippen LogP contribution in [-0.2, 0) is 0 Å². The molecule has 1 aliphatic rings. The molecule has 0 saturated heterocycles. The number of fused-ring (bicyclic) bond motifs is 8. The van der Waals surface area contributed by atoms with Gasteiger partial charge in [-0.15, -0.1) is 22.7 Å². The van der Waals surface area contributed by atoms with Crippen molar-refractivity contribution in [3.05, 3.63) is 146 Å². The lowest BCUT2D eigenvalue weighted by molar-refractivity contribution is 1.02. The van der Waals surface area contributed by atoms with Gasteiger partial charge in [-0.2, -0.15) is 9.97 Å². The van der Waals surface area contributed by atoms with Gasteiger partial charge in [0.2, 0.25) is 5.95 Å². The second-order valence-electron chi connectivity index (χ2n) is 12.4. The lowest BCUT2D eigenvalue weighted by Gasteiger charge is -2.32. The maximum Gasteiger partial charge on any atom is 0.238 e. The molecule has 0 aliphatic carbocycles. The zero-order chi connectivity index (χ0) is 32.1. The van der Waals surface area contributed by atoms with E-state index in [9.17, 15) is 0 Å². The quantitative estimate of drug-likeness (QED) is 0.189. The smallest absolute Gasteiger partial charge is 0.238 e. The lowest BCUT2D eigenvalue weighted by atomic mass is 9.91. The third-order valence-electron chi connectivity index (χ3n) is 9.65. The fraction of sp³-hybridized carbons (Fsp3) is 0. The van der Waals surface area contributed by atoms with Crippen molar-refractivity contribution >= 4 is 91.1 Å². The Morgan fingerprint density at radius 1 is 0.408 bits per heavy atom. The zero-order valence-corrected chi connectivity index (χ0v) is 27.6. The van der Waals surface area contributed by atoms with Crippen LogP contribution in [0.25, 0.3) is 85.0 Å². The molecule has 0 fully saturated rings. The van der Waals surface area contributed by atoms with E-state index >= 15 is 0 Å². The van der Waals surface area contributed by atoms with Crippen molar-refractivity contribution in [1.82, 2.24) is 15.0 Å². The maximum absolute atomic E-state index is 5.29. The number of thiophene rings is 2. The average molecular weight is 661 g/mol. The van der Waals surface area contributed by atoms with Crippen molar-refractivity contribution in [1.29, 1.82) is 0 Å². The minimum atomic E-state index is 0.598. The number of nitrogens with zero attached hydrogens (tertiary/aromatic N) is 4. The van der Waals surface area contributed by atoms with Crippen LogP contribution in [0.5, 0.6) is 0 Å². The molecule has 0 saturated carbocycles. The van der Waals surface area contributed by atoms with Gasteiger partial charge < -0.3 is 0 Å². The van der Waals surface area contributed by atoms with Gasteiger partial charge in [-0.05, 0) is 59.5 Å². The molecule has 11 rings (SSSR count). The molecular weight excluding hydrogens is 637 g/mol. The van der Waals surface area contributed by atoms with E-state index in [1.807, 2.05) is 11.3 Å². The Hall–Kier alpha value is -5.95. The summed E-state index contributed by atoms with van der Waals surface area (Å²) in [6.45, 7) is 0. The SMILES string of the molecule is c1ccc2c(c1)-c1cccc3cccc(c13)N2c1nc(-c2ccc3c(c2)sc2ccccc23)nc(-c2ccc3sc4ccccc4c3c2)n1. The molecule has 0 N–H and O–H groups in total. The van der Waals surface area contributed by atoms with Crippen LogP contribution in [0.1, 0.15) is 0 Å². The molecule has 4 nitrogen and oxygen atoms in total. The topological polar surface area (TPSA) is 41.9 Å².